The van der Waals surface area contributed by atoms with Gasteiger partial charge in [-0.25, -0.2) is 0 Å². The predicted molar refractivity (Wildman–Crippen MR) is 175 cm³/mol. The van der Waals surface area contributed by atoms with Crippen LogP contribution in [-0.4, -0.2) is 57.3 Å². The van der Waals surface area contributed by atoms with Gasteiger partial charge in [0.1, 0.15) is 0 Å². The van der Waals surface area contributed by atoms with Crippen molar-refractivity contribution in [3.63, 3.8) is 0 Å². The van der Waals surface area contributed by atoms with E-state index in [1.807, 2.05) is 48.5 Å². The molecule has 2 aromatic rings. The van der Waals surface area contributed by atoms with Crippen molar-refractivity contribution in [1.82, 2.24) is 0 Å². The molecule has 0 amide bonds. The summed E-state index contributed by atoms with van der Waals surface area (Å²) in [6.07, 6.45) is 9.35. The highest BCUT2D eigenvalue weighted by atomic mass is 28.4. The second-order valence-electron chi connectivity index (χ2n) is 10.00. The van der Waals surface area contributed by atoms with Gasteiger partial charge in [-0.2, -0.15) is 0 Å². The van der Waals surface area contributed by atoms with E-state index in [-0.39, 0.29) is 0 Å². The van der Waals surface area contributed by atoms with Gasteiger partial charge in [0.05, 0.1) is 0 Å². The third-order valence-corrected chi connectivity index (χ3v) is 11.7. The van der Waals surface area contributed by atoms with E-state index >= 15 is 0 Å². The molecule has 0 fully saturated rings. The molecule has 6 nitrogen and oxygen atoms in total. The molecular formula is C33H58O6Si2. The minimum Gasteiger partial charge on any atom is -0.370 e. The number of rotatable bonds is 23. The monoisotopic (exact) mass is 606 g/mol. The normalized spacial score (nSPS) is 11.8. The summed E-state index contributed by atoms with van der Waals surface area (Å²) in [5.74, 6) is 0. The second kappa shape index (κ2) is 24.1. The summed E-state index contributed by atoms with van der Waals surface area (Å²) in [6, 6.07) is 20.4. The Kier molecular flexibility index (Phi) is 22.2. The molecule has 234 valence electrons. The first-order valence-electron chi connectivity index (χ1n) is 16.0. The molecule has 0 saturated heterocycles. The van der Waals surface area contributed by atoms with Crippen LogP contribution in [0.4, 0.5) is 0 Å². The molecule has 0 aromatic heterocycles. The van der Waals surface area contributed by atoms with E-state index in [0.29, 0.717) is 39.6 Å². The van der Waals surface area contributed by atoms with E-state index in [1.54, 1.807) is 0 Å². The van der Waals surface area contributed by atoms with Crippen LogP contribution in [0.1, 0.15) is 99.3 Å². The molecule has 0 radical (unpaired) electrons. The molecule has 0 spiro atoms. The van der Waals surface area contributed by atoms with Gasteiger partial charge in [0, 0.05) is 50.0 Å². The van der Waals surface area contributed by atoms with Crippen LogP contribution >= 0.6 is 0 Å². The van der Waals surface area contributed by atoms with Crippen LogP contribution in [0.25, 0.3) is 0 Å². The smallest absolute Gasteiger partial charge is 0.370 e. The Hall–Kier alpha value is -1.37. The highest BCUT2D eigenvalue weighted by molar-refractivity contribution is 6.75. The van der Waals surface area contributed by atoms with Gasteiger partial charge in [-0.15, -0.1) is 0 Å². The van der Waals surface area contributed by atoms with E-state index in [4.69, 9.17) is 26.6 Å². The molecule has 41 heavy (non-hydrogen) atoms. The second-order valence-corrected chi connectivity index (χ2v) is 15.1. The van der Waals surface area contributed by atoms with Gasteiger partial charge in [-0.05, 0) is 38.5 Å². The van der Waals surface area contributed by atoms with Crippen LogP contribution in [-0.2, 0) is 26.6 Å². The Bertz CT molecular complexity index is 792. The van der Waals surface area contributed by atoms with Crippen molar-refractivity contribution >= 4 is 28.0 Å². The lowest BCUT2D eigenvalue weighted by atomic mass is 10.4. The lowest BCUT2D eigenvalue weighted by molar-refractivity contribution is 0.0699. The predicted octanol–water partition coefficient (Wildman–Crippen LogP) is 7.39. The van der Waals surface area contributed by atoms with Crippen LogP contribution in [0.3, 0.4) is 0 Å². The Labute approximate surface area is 253 Å². The van der Waals surface area contributed by atoms with Crippen molar-refractivity contribution < 1.29 is 26.6 Å². The lowest BCUT2D eigenvalue weighted by Crippen LogP contribution is -2.57. The van der Waals surface area contributed by atoms with Crippen molar-refractivity contribution in [3.8, 4) is 0 Å². The zero-order valence-corrected chi connectivity index (χ0v) is 28.8. The zero-order valence-electron chi connectivity index (χ0n) is 26.8. The molecule has 0 atom stereocenters. The molecule has 8 heteroatoms. The van der Waals surface area contributed by atoms with Gasteiger partial charge in [0.2, 0.25) is 0 Å². The van der Waals surface area contributed by atoms with Crippen molar-refractivity contribution in [2.24, 2.45) is 0 Å². The summed E-state index contributed by atoms with van der Waals surface area (Å²) >= 11 is 0. The van der Waals surface area contributed by atoms with E-state index < -0.39 is 17.6 Å². The SMILES string of the molecule is CCCCO[Si](OCCCC)(OCCCC)c1ccccc1.CCCO[Si](OCCC)(OCCC)c1ccccc1. The van der Waals surface area contributed by atoms with Crippen molar-refractivity contribution in [2.45, 2.75) is 99.3 Å². The molecule has 0 bridgehead atoms. The molecule has 0 N–H and O–H groups in total. The third-order valence-electron chi connectivity index (χ3n) is 6.11. The molecular weight excluding hydrogens is 549 g/mol. The first-order chi connectivity index (χ1) is 20.1. The van der Waals surface area contributed by atoms with Gasteiger partial charge < -0.3 is 26.6 Å². The zero-order chi connectivity index (χ0) is 30.1. The molecule has 2 aromatic carbocycles. The van der Waals surface area contributed by atoms with Gasteiger partial charge in [0.25, 0.3) is 0 Å². The maximum Gasteiger partial charge on any atom is 0.537 e. The highest BCUT2D eigenvalue weighted by Crippen LogP contribution is 2.15. The molecule has 0 aliphatic heterocycles. The van der Waals surface area contributed by atoms with Crippen LogP contribution in [0, 0.1) is 0 Å². The quantitative estimate of drug-likeness (QED) is 0.0971. The van der Waals surface area contributed by atoms with Gasteiger partial charge in [-0.1, -0.05) is 121 Å². The van der Waals surface area contributed by atoms with Gasteiger partial charge in [0.15, 0.2) is 0 Å². The third kappa shape index (κ3) is 14.6. The van der Waals surface area contributed by atoms with E-state index in [9.17, 15) is 0 Å². The topological polar surface area (TPSA) is 55.4 Å². The molecule has 0 aliphatic carbocycles. The molecule has 2 rings (SSSR count). The van der Waals surface area contributed by atoms with E-state index in [2.05, 4.69) is 53.7 Å². The number of hydrogen-bond acceptors (Lipinski definition) is 6. The van der Waals surface area contributed by atoms with Crippen molar-refractivity contribution in [1.29, 1.82) is 0 Å². The summed E-state index contributed by atoms with van der Waals surface area (Å²) in [6.45, 7) is 17.0. The van der Waals surface area contributed by atoms with Crippen LogP contribution in [0.15, 0.2) is 60.7 Å². The number of unbranched alkanes of at least 4 members (excludes halogenated alkanes) is 3. The minimum absolute atomic E-state index is 0.675. The maximum absolute atomic E-state index is 6.24. The Morgan fingerprint density at radius 1 is 0.366 bits per heavy atom. The average Bonchev–Trinajstić information content (AvgIpc) is 3.02. The summed E-state index contributed by atoms with van der Waals surface area (Å²) in [4.78, 5) is 0. The van der Waals surface area contributed by atoms with Crippen LogP contribution in [0.5, 0.6) is 0 Å². The molecule has 0 unspecified atom stereocenters. The molecule has 0 heterocycles. The first-order valence-corrected chi connectivity index (χ1v) is 19.5. The van der Waals surface area contributed by atoms with Gasteiger partial charge >= 0.3 is 17.6 Å². The largest absolute Gasteiger partial charge is 0.537 e. The van der Waals surface area contributed by atoms with E-state index in [0.717, 1.165) is 68.2 Å². The highest BCUT2D eigenvalue weighted by Gasteiger charge is 2.44. The average molecular weight is 607 g/mol. The van der Waals surface area contributed by atoms with Crippen LogP contribution < -0.4 is 10.4 Å². The standard InChI is InChI=1S/C18H32O3Si.C15H26O3Si/c1-4-7-15-19-22(20-16-8-5-2,21-17-9-6-3)18-13-11-10-12-14-18;1-4-12-16-19(17-13-5-2,18-14-6-3)15-10-8-7-9-11-15/h10-14H,4-9,15-17H2,1-3H3;7-11H,4-6,12-14H2,1-3H3. The van der Waals surface area contributed by atoms with E-state index in [1.165, 1.54) is 0 Å². The Morgan fingerprint density at radius 3 is 0.878 bits per heavy atom. The summed E-state index contributed by atoms with van der Waals surface area (Å²) < 4.78 is 36.9. The lowest BCUT2D eigenvalue weighted by Gasteiger charge is -2.30. The first kappa shape index (κ1) is 37.7. The minimum atomic E-state index is -2.78. The summed E-state index contributed by atoms with van der Waals surface area (Å²) in [5, 5.41) is 2.14. The fourth-order valence-electron chi connectivity index (χ4n) is 3.80. The van der Waals surface area contributed by atoms with Crippen LogP contribution in [0.2, 0.25) is 0 Å². The fraction of sp³-hybridized carbons (Fsp3) is 0.636. The number of benzene rings is 2. The van der Waals surface area contributed by atoms with Crippen molar-refractivity contribution in [3.05, 3.63) is 60.7 Å². The van der Waals surface area contributed by atoms with Crippen molar-refractivity contribution in [2.75, 3.05) is 39.6 Å². The Balaban J connectivity index is 0.000000414. The summed E-state index contributed by atoms with van der Waals surface area (Å²) in [7, 11) is -5.52. The number of hydrogen-bond donors (Lipinski definition) is 0. The summed E-state index contributed by atoms with van der Waals surface area (Å²) in [5.41, 5.74) is 0. The molecule has 0 saturated carbocycles. The fourth-order valence-corrected chi connectivity index (χ4v) is 9.16. The maximum atomic E-state index is 6.24. The molecule has 0 aliphatic rings. The Morgan fingerprint density at radius 2 is 0.634 bits per heavy atom. The van der Waals surface area contributed by atoms with Gasteiger partial charge in [-0.3, -0.25) is 0 Å².